The smallest absolute Gasteiger partial charge is 0.0760 e. The fourth-order valence-corrected chi connectivity index (χ4v) is 1.33. The summed E-state index contributed by atoms with van der Waals surface area (Å²) in [5.41, 5.74) is 1.20. The van der Waals surface area contributed by atoms with Gasteiger partial charge in [0.1, 0.15) is 0 Å². The van der Waals surface area contributed by atoms with Crippen LogP contribution in [0.1, 0.15) is 18.4 Å². The van der Waals surface area contributed by atoms with E-state index in [0.717, 1.165) is 12.8 Å². The number of ether oxygens (including phenoxy) is 1. The van der Waals surface area contributed by atoms with E-state index < -0.39 is 0 Å². The molecule has 1 aromatic carbocycles. The van der Waals surface area contributed by atoms with Gasteiger partial charge in [-0.25, -0.2) is 0 Å². The molecule has 0 aromatic heterocycles. The summed E-state index contributed by atoms with van der Waals surface area (Å²) >= 11 is 0. The van der Waals surface area contributed by atoms with Gasteiger partial charge in [0.2, 0.25) is 0 Å². The monoisotopic (exact) mass is 202 g/mol. The van der Waals surface area contributed by atoms with Crippen molar-refractivity contribution in [2.45, 2.75) is 25.6 Å². The molecule has 0 N–H and O–H groups in total. The zero-order valence-corrected chi connectivity index (χ0v) is 9.06. The fraction of sp³-hybridized carbons (Fsp3) is 0.286. The summed E-state index contributed by atoms with van der Waals surface area (Å²) in [5.74, 6) is 0. The predicted octanol–water partition coefficient (Wildman–Crippen LogP) is 3.72. The highest BCUT2D eigenvalue weighted by Gasteiger charge is 2.02. The lowest BCUT2D eigenvalue weighted by Gasteiger charge is -2.12. The van der Waals surface area contributed by atoms with Crippen LogP contribution in [0.4, 0.5) is 0 Å². The Labute approximate surface area is 92.1 Å². The van der Waals surface area contributed by atoms with E-state index in [2.05, 4.69) is 25.3 Å². The third-order valence-corrected chi connectivity index (χ3v) is 2.23. The molecule has 0 aliphatic rings. The lowest BCUT2D eigenvalue weighted by Crippen LogP contribution is -2.08. The molecule has 0 saturated carbocycles. The molecule has 0 bridgehead atoms. The van der Waals surface area contributed by atoms with Crippen molar-refractivity contribution in [1.82, 2.24) is 0 Å². The van der Waals surface area contributed by atoms with E-state index in [1.807, 2.05) is 30.4 Å². The second kappa shape index (κ2) is 7.02. The van der Waals surface area contributed by atoms with E-state index in [1.165, 1.54) is 5.56 Å². The van der Waals surface area contributed by atoms with Gasteiger partial charge in [-0.15, -0.1) is 13.2 Å². The van der Waals surface area contributed by atoms with Gasteiger partial charge in [0, 0.05) is 0 Å². The summed E-state index contributed by atoms with van der Waals surface area (Å²) in [6.45, 7) is 8.11. The van der Waals surface area contributed by atoms with Crippen LogP contribution in [0.5, 0.6) is 0 Å². The van der Waals surface area contributed by atoms with E-state index >= 15 is 0 Å². The minimum atomic E-state index is 0.128. The highest BCUT2D eigenvalue weighted by molar-refractivity contribution is 5.13. The standard InChI is InChI=1S/C14H18O/c1-3-5-11-14(4-2)15-12-13-9-7-6-8-10-13/h3-4,6-10,14H,1-2,5,11-12H2. The zero-order valence-electron chi connectivity index (χ0n) is 9.06. The average molecular weight is 202 g/mol. The first-order valence-electron chi connectivity index (χ1n) is 5.25. The zero-order chi connectivity index (χ0) is 10.9. The largest absolute Gasteiger partial charge is 0.369 e. The molecule has 1 unspecified atom stereocenters. The Hall–Kier alpha value is -1.34. The van der Waals surface area contributed by atoms with E-state index in [0.29, 0.717) is 6.61 Å². The molecule has 1 atom stereocenters. The maximum absolute atomic E-state index is 5.71. The Balaban J connectivity index is 2.34. The Kier molecular flexibility index (Phi) is 5.49. The van der Waals surface area contributed by atoms with Crippen LogP contribution < -0.4 is 0 Å². The van der Waals surface area contributed by atoms with E-state index in [4.69, 9.17) is 4.74 Å². The molecule has 0 spiro atoms. The van der Waals surface area contributed by atoms with Crippen molar-refractivity contribution in [2.24, 2.45) is 0 Å². The SMILES string of the molecule is C=CCCC(C=C)OCc1ccccc1. The Morgan fingerprint density at radius 1 is 1.20 bits per heavy atom. The van der Waals surface area contributed by atoms with Gasteiger partial charge in [-0.05, 0) is 18.4 Å². The maximum atomic E-state index is 5.71. The van der Waals surface area contributed by atoms with Crippen LogP contribution in [0.3, 0.4) is 0 Å². The summed E-state index contributed by atoms with van der Waals surface area (Å²) in [7, 11) is 0. The van der Waals surface area contributed by atoms with Crippen LogP contribution >= 0.6 is 0 Å². The predicted molar refractivity (Wildman–Crippen MR) is 64.6 cm³/mol. The summed E-state index contributed by atoms with van der Waals surface area (Å²) < 4.78 is 5.71. The summed E-state index contributed by atoms with van der Waals surface area (Å²) in [6, 6.07) is 10.2. The normalized spacial score (nSPS) is 12.0. The molecule has 0 saturated heterocycles. The molecule has 0 fully saturated rings. The van der Waals surface area contributed by atoms with Gasteiger partial charge in [0.25, 0.3) is 0 Å². The fourth-order valence-electron chi connectivity index (χ4n) is 1.33. The van der Waals surface area contributed by atoms with E-state index in [-0.39, 0.29) is 6.10 Å². The molecule has 1 nitrogen and oxygen atoms in total. The molecule has 0 aliphatic heterocycles. The van der Waals surface area contributed by atoms with E-state index in [9.17, 15) is 0 Å². The molecule has 0 radical (unpaired) electrons. The highest BCUT2D eigenvalue weighted by Crippen LogP contribution is 2.08. The average Bonchev–Trinajstić information content (AvgIpc) is 2.31. The van der Waals surface area contributed by atoms with Gasteiger partial charge in [-0.2, -0.15) is 0 Å². The third-order valence-electron chi connectivity index (χ3n) is 2.23. The van der Waals surface area contributed by atoms with Gasteiger partial charge >= 0.3 is 0 Å². The van der Waals surface area contributed by atoms with Gasteiger partial charge < -0.3 is 4.74 Å². The molecule has 1 rings (SSSR count). The van der Waals surface area contributed by atoms with Crippen LogP contribution in [-0.4, -0.2) is 6.10 Å². The van der Waals surface area contributed by atoms with Crippen LogP contribution in [-0.2, 0) is 11.3 Å². The first-order valence-corrected chi connectivity index (χ1v) is 5.25. The van der Waals surface area contributed by atoms with Crippen LogP contribution in [0, 0.1) is 0 Å². The van der Waals surface area contributed by atoms with Crippen molar-refractivity contribution in [3.05, 3.63) is 61.2 Å². The van der Waals surface area contributed by atoms with Gasteiger partial charge in [-0.1, -0.05) is 42.5 Å². The number of benzene rings is 1. The Morgan fingerprint density at radius 3 is 2.53 bits per heavy atom. The Bertz CT molecular complexity index is 289. The van der Waals surface area contributed by atoms with Gasteiger partial charge in [-0.3, -0.25) is 0 Å². The Morgan fingerprint density at radius 2 is 1.93 bits per heavy atom. The maximum Gasteiger partial charge on any atom is 0.0760 e. The molecular weight excluding hydrogens is 184 g/mol. The minimum absolute atomic E-state index is 0.128. The van der Waals surface area contributed by atoms with Crippen molar-refractivity contribution >= 4 is 0 Å². The summed E-state index contributed by atoms with van der Waals surface area (Å²) in [5, 5.41) is 0. The van der Waals surface area contributed by atoms with Crippen molar-refractivity contribution < 1.29 is 4.74 Å². The second-order valence-electron chi connectivity index (χ2n) is 3.44. The van der Waals surface area contributed by atoms with Crippen molar-refractivity contribution in [3.63, 3.8) is 0 Å². The lowest BCUT2D eigenvalue weighted by atomic mass is 10.2. The van der Waals surface area contributed by atoms with Crippen LogP contribution in [0.15, 0.2) is 55.6 Å². The van der Waals surface area contributed by atoms with E-state index in [1.54, 1.807) is 0 Å². The summed E-state index contributed by atoms with van der Waals surface area (Å²) in [4.78, 5) is 0. The third kappa shape index (κ3) is 4.61. The van der Waals surface area contributed by atoms with Crippen LogP contribution in [0.2, 0.25) is 0 Å². The molecule has 0 amide bonds. The quantitative estimate of drug-likeness (QED) is 0.612. The molecule has 1 heteroatoms. The number of allylic oxidation sites excluding steroid dienone is 1. The first-order chi connectivity index (χ1) is 7.36. The molecule has 0 aliphatic carbocycles. The topological polar surface area (TPSA) is 9.23 Å². The summed E-state index contributed by atoms with van der Waals surface area (Å²) in [6.07, 6.45) is 5.81. The van der Waals surface area contributed by atoms with Gasteiger partial charge in [0.05, 0.1) is 12.7 Å². The van der Waals surface area contributed by atoms with Crippen LogP contribution in [0.25, 0.3) is 0 Å². The number of hydrogen-bond acceptors (Lipinski definition) is 1. The lowest BCUT2D eigenvalue weighted by molar-refractivity contribution is 0.0674. The molecule has 80 valence electrons. The van der Waals surface area contributed by atoms with Crippen molar-refractivity contribution in [3.8, 4) is 0 Å². The van der Waals surface area contributed by atoms with Crippen molar-refractivity contribution in [1.29, 1.82) is 0 Å². The molecule has 1 aromatic rings. The second-order valence-corrected chi connectivity index (χ2v) is 3.44. The first kappa shape index (κ1) is 11.7. The minimum Gasteiger partial charge on any atom is -0.369 e. The molecular formula is C14H18O. The number of rotatable bonds is 7. The number of hydrogen-bond donors (Lipinski definition) is 0. The van der Waals surface area contributed by atoms with Gasteiger partial charge in [0.15, 0.2) is 0 Å². The highest BCUT2D eigenvalue weighted by atomic mass is 16.5. The molecule has 0 heterocycles. The molecule has 15 heavy (non-hydrogen) atoms. The van der Waals surface area contributed by atoms with Crippen molar-refractivity contribution in [2.75, 3.05) is 0 Å².